The molecule has 0 spiro atoms. The van der Waals surface area contributed by atoms with Crippen LogP contribution in [0.25, 0.3) is 0 Å². The zero-order valence-electron chi connectivity index (χ0n) is 22.8. The van der Waals surface area contributed by atoms with E-state index >= 15 is 0 Å². The van der Waals surface area contributed by atoms with Gasteiger partial charge in [0, 0.05) is 0 Å². The second-order valence-electron chi connectivity index (χ2n) is 12.6. The molecule has 0 bridgehead atoms. The van der Waals surface area contributed by atoms with Crippen molar-refractivity contribution in [3.63, 3.8) is 0 Å². The lowest BCUT2D eigenvalue weighted by molar-refractivity contribution is -0.142. The highest BCUT2D eigenvalue weighted by molar-refractivity contribution is 4.88. The van der Waals surface area contributed by atoms with E-state index in [2.05, 4.69) is 41.5 Å². The van der Waals surface area contributed by atoms with E-state index in [0.29, 0.717) is 75.5 Å². The minimum atomic E-state index is 0.124. The van der Waals surface area contributed by atoms with Gasteiger partial charge in [0.05, 0.1) is 77.3 Å². The number of fused-ring (bicyclic) bond motifs is 2. The Bertz CT molecular complexity index is 518. The first-order valence-electron chi connectivity index (χ1n) is 13.8. The molecule has 2 aliphatic carbocycles. The predicted molar refractivity (Wildman–Crippen MR) is 134 cm³/mol. The quantitative estimate of drug-likeness (QED) is 0.467. The molecule has 6 atom stereocenters. The fraction of sp³-hybridized carbons (Fsp3) is 1.00. The van der Waals surface area contributed by atoms with Crippen LogP contribution >= 0.6 is 0 Å². The molecule has 0 aromatic carbocycles. The van der Waals surface area contributed by atoms with E-state index in [-0.39, 0.29) is 24.4 Å². The van der Waals surface area contributed by atoms with Gasteiger partial charge in [-0.15, -0.1) is 0 Å². The Morgan fingerprint density at radius 3 is 1.06 bits per heavy atom. The Balaban J connectivity index is 1.51. The first-order valence-corrected chi connectivity index (χ1v) is 13.8. The van der Waals surface area contributed by atoms with Crippen molar-refractivity contribution in [2.75, 3.05) is 52.9 Å². The maximum atomic E-state index is 6.29. The second kappa shape index (κ2) is 13.3. The number of hydrogen-bond acceptors (Lipinski definition) is 6. The molecule has 0 radical (unpaired) electrons. The smallest absolute Gasteiger partial charge is 0.0840 e. The first-order chi connectivity index (χ1) is 16.1. The fourth-order valence-corrected chi connectivity index (χ4v) is 5.75. The van der Waals surface area contributed by atoms with E-state index in [1.807, 2.05) is 0 Å². The number of hydrogen-bond donors (Lipinski definition) is 0. The Kier molecular flexibility index (Phi) is 11.1. The van der Waals surface area contributed by atoms with Crippen molar-refractivity contribution in [3.8, 4) is 0 Å². The molecule has 3 fully saturated rings. The van der Waals surface area contributed by atoms with Crippen LogP contribution in [0.5, 0.6) is 0 Å². The average molecular weight is 485 g/mol. The summed E-state index contributed by atoms with van der Waals surface area (Å²) in [5, 5.41) is 0. The molecule has 0 aromatic rings. The maximum absolute atomic E-state index is 6.29. The van der Waals surface area contributed by atoms with Crippen LogP contribution in [0, 0.1) is 22.7 Å². The van der Waals surface area contributed by atoms with Crippen LogP contribution in [0.4, 0.5) is 0 Å². The van der Waals surface area contributed by atoms with E-state index in [1.165, 1.54) is 12.8 Å². The molecule has 0 aromatic heterocycles. The van der Waals surface area contributed by atoms with Gasteiger partial charge in [0.1, 0.15) is 0 Å². The second-order valence-corrected chi connectivity index (χ2v) is 12.6. The van der Waals surface area contributed by atoms with Gasteiger partial charge in [-0.1, -0.05) is 41.5 Å². The molecule has 3 aliphatic rings. The van der Waals surface area contributed by atoms with Gasteiger partial charge in [0.25, 0.3) is 0 Å². The zero-order chi connectivity index (χ0) is 24.6. The highest BCUT2D eigenvalue weighted by atomic mass is 16.6. The van der Waals surface area contributed by atoms with Crippen molar-refractivity contribution in [2.24, 2.45) is 22.7 Å². The van der Waals surface area contributed by atoms with Crippen LogP contribution < -0.4 is 0 Å². The summed E-state index contributed by atoms with van der Waals surface area (Å²) < 4.78 is 36.8. The van der Waals surface area contributed by atoms with Crippen molar-refractivity contribution in [3.05, 3.63) is 0 Å². The van der Waals surface area contributed by atoms with Crippen LogP contribution in [0.1, 0.15) is 80.1 Å². The molecule has 6 heteroatoms. The van der Waals surface area contributed by atoms with Crippen molar-refractivity contribution in [1.29, 1.82) is 0 Å². The molecule has 1 heterocycles. The maximum Gasteiger partial charge on any atom is 0.0840 e. The van der Waals surface area contributed by atoms with Gasteiger partial charge in [-0.3, -0.25) is 0 Å². The number of rotatable bonds is 0. The van der Waals surface area contributed by atoms with Crippen molar-refractivity contribution < 1.29 is 28.4 Å². The highest BCUT2D eigenvalue weighted by Crippen LogP contribution is 2.41. The summed E-state index contributed by atoms with van der Waals surface area (Å²) in [5.74, 6) is 1.30. The van der Waals surface area contributed by atoms with Gasteiger partial charge in [0.15, 0.2) is 0 Å². The molecule has 0 unspecified atom stereocenters. The standard InChI is InChI=1S/C28H52O6/c1-27(2,3)21-7-9-23-25(19-21)33-17-13-29-12-16-32-24-10-8-22(28(4,5)6)20-26(24)34-18-14-30-11-15-31-23/h21-26H,7-20H2,1-6H3/t21-,22-,23+,24+,25-,26-/m1/s1. The molecular formula is C28H52O6. The van der Waals surface area contributed by atoms with Crippen LogP contribution in [-0.2, 0) is 28.4 Å². The van der Waals surface area contributed by atoms with Crippen LogP contribution in [0.15, 0.2) is 0 Å². The normalized spacial score (nSPS) is 36.5. The Hall–Kier alpha value is -0.240. The van der Waals surface area contributed by atoms with Crippen LogP contribution in [0.2, 0.25) is 0 Å². The Labute approximate surface area is 208 Å². The SMILES string of the molecule is CC(C)(C)[C@@H]1CC[C@@H]2OCCOCCO[C@@H]3C[C@H](C(C)(C)C)CC[C@@H]3OCCOCCO[C@@H]2C1. The summed E-state index contributed by atoms with van der Waals surface area (Å²) in [6.45, 7) is 18.8. The summed E-state index contributed by atoms with van der Waals surface area (Å²) in [7, 11) is 0. The summed E-state index contributed by atoms with van der Waals surface area (Å²) in [5.41, 5.74) is 0.586. The molecule has 1 aliphatic heterocycles. The lowest BCUT2D eigenvalue weighted by Gasteiger charge is -2.41. The largest absolute Gasteiger partial charge is 0.377 e. The lowest BCUT2D eigenvalue weighted by atomic mass is 9.71. The van der Waals surface area contributed by atoms with Crippen molar-refractivity contribution >= 4 is 0 Å². The average Bonchev–Trinajstić information content (AvgIpc) is 2.77. The van der Waals surface area contributed by atoms with Gasteiger partial charge in [-0.25, -0.2) is 0 Å². The van der Waals surface area contributed by atoms with E-state index < -0.39 is 0 Å². The molecule has 0 N–H and O–H groups in total. The van der Waals surface area contributed by atoms with Crippen LogP contribution in [-0.4, -0.2) is 77.3 Å². The monoisotopic (exact) mass is 484 g/mol. The van der Waals surface area contributed by atoms with Gasteiger partial charge in [-0.05, 0) is 61.2 Å². The van der Waals surface area contributed by atoms with Crippen molar-refractivity contribution in [2.45, 2.75) is 104 Å². The molecule has 200 valence electrons. The lowest BCUT2D eigenvalue weighted by Crippen LogP contribution is -2.43. The summed E-state index contributed by atoms with van der Waals surface area (Å²) in [4.78, 5) is 0. The van der Waals surface area contributed by atoms with E-state index in [1.54, 1.807) is 0 Å². The minimum absolute atomic E-state index is 0.124. The molecule has 1 saturated heterocycles. The van der Waals surface area contributed by atoms with Gasteiger partial charge in [0.2, 0.25) is 0 Å². The van der Waals surface area contributed by atoms with Crippen molar-refractivity contribution in [1.82, 2.24) is 0 Å². The zero-order valence-corrected chi connectivity index (χ0v) is 22.8. The molecule has 2 saturated carbocycles. The summed E-state index contributed by atoms with van der Waals surface area (Å²) >= 11 is 0. The third-order valence-electron chi connectivity index (χ3n) is 8.15. The molecule has 6 nitrogen and oxygen atoms in total. The summed E-state index contributed by atoms with van der Waals surface area (Å²) in [6, 6.07) is 0. The third kappa shape index (κ3) is 9.01. The topological polar surface area (TPSA) is 55.4 Å². The number of ether oxygens (including phenoxy) is 6. The summed E-state index contributed by atoms with van der Waals surface area (Å²) in [6.07, 6.45) is 7.08. The van der Waals surface area contributed by atoms with Gasteiger partial charge in [-0.2, -0.15) is 0 Å². The van der Waals surface area contributed by atoms with Crippen LogP contribution in [0.3, 0.4) is 0 Å². The predicted octanol–water partition coefficient (Wildman–Crippen LogP) is 5.27. The Morgan fingerprint density at radius 1 is 0.412 bits per heavy atom. The van der Waals surface area contributed by atoms with E-state index in [0.717, 1.165) is 25.7 Å². The van der Waals surface area contributed by atoms with E-state index in [9.17, 15) is 0 Å². The molecule has 34 heavy (non-hydrogen) atoms. The van der Waals surface area contributed by atoms with Gasteiger partial charge >= 0.3 is 0 Å². The van der Waals surface area contributed by atoms with E-state index in [4.69, 9.17) is 28.4 Å². The molecular weight excluding hydrogens is 432 g/mol. The highest BCUT2D eigenvalue weighted by Gasteiger charge is 2.38. The first kappa shape index (κ1) is 28.3. The van der Waals surface area contributed by atoms with Gasteiger partial charge < -0.3 is 28.4 Å². The minimum Gasteiger partial charge on any atom is -0.377 e. The molecule has 0 amide bonds. The fourth-order valence-electron chi connectivity index (χ4n) is 5.75. The third-order valence-corrected chi connectivity index (χ3v) is 8.15. The Morgan fingerprint density at radius 2 is 0.735 bits per heavy atom. The molecule has 3 rings (SSSR count).